The number of anilines is 2. The molecule has 1 aromatic heterocycles. The number of hydrogen-bond acceptors (Lipinski definition) is 5. The monoisotopic (exact) mass is 336 g/mol. The molecule has 10 heteroatoms. The fourth-order valence-electron chi connectivity index (χ4n) is 1.29. The van der Waals surface area contributed by atoms with E-state index in [9.17, 15) is 12.8 Å². The Morgan fingerprint density at radius 2 is 1.65 bits per heavy atom. The van der Waals surface area contributed by atoms with Crippen LogP contribution in [0.15, 0.2) is 29.4 Å². The van der Waals surface area contributed by atoms with E-state index < -0.39 is 15.8 Å². The maximum Gasteiger partial charge on any atom is 0.264 e. The van der Waals surface area contributed by atoms with E-state index >= 15 is 0 Å². The van der Waals surface area contributed by atoms with Crippen LogP contribution in [0.5, 0.6) is 0 Å². The maximum absolute atomic E-state index is 13.2. The Bertz CT molecular complexity index is 729. The van der Waals surface area contributed by atoms with E-state index in [0.717, 1.165) is 24.5 Å². The van der Waals surface area contributed by atoms with Gasteiger partial charge >= 0.3 is 0 Å². The van der Waals surface area contributed by atoms with Crippen molar-refractivity contribution in [2.24, 2.45) is 0 Å². The van der Waals surface area contributed by atoms with Gasteiger partial charge in [-0.1, -0.05) is 23.2 Å². The number of halogens is 3. The first kappa shape index (κ1) is 14.8. The van der Waals surface area contributed by atoms with E-state index in [2.05, 4.69) is 14.7 Å². The molecular formula is C10H7Cl2FN4O2S. The third-order valence-electron chi connectivity index (χ3n) is 2.19. The molecule has 0 saturated carbocycles. The Morgan fingerprint density at radius 1 is 1.15 bits per heavy atom. The van der Waals surface area contributed by atoms with Gasteiger partial charge in [-0.05, 0) is 12.1 Å². The second kappa shape index (κ2) is 5.39. The van der Waals surface area contributed by atoms with Crippen molar-refractivity contribution in [1.82, 2.24) is 9.97 Å². The van der Waals surface area contributed by atoms with Gasteiger partial charge in [0.1, 0.15) is 4.90 Å². The van der Waals surface area contributed by atoms with Crippen molar-refractivity contribution in [2.45, 2.75) is 4.90 Å². The molecule has 2 aromatic rings. The highest BCUT2D eigenvalue weighted by Crippen LogP contribution is 2.28. The SMILES string of the molecule is Nc1ncc(S(=O)(=O)Nc2cc(Cl)c(F)c(Cl)c2)cn1. The van der Waals surface area contributed by atoms with Crippen molar-refractivity contribution in [2.75, 3.05) is 10.5 Å². The minimum atomic E-state index is -3.95. The van der Waals surface area contributed by atoms with Crippen LogP contribution in [0.4, 0.5) is 16.0 Å². The predicted octanol–water partition coefficient (Wildman–Crippen LogP) is 2.31. The number of nitrogens with zero attached hydrogens (tertiary/aromatic N) is 2. The van der Waals surface area contributed by atoms with Crippen LogP contribution >= 0.6 is 23.2 Å². The molecule has 20 heavy (non-hydrogen) atoms. The Kier molecular flexibility index (Phi) is 3.98. The van der Waals surface area contributed by atoms with Gasteiger partial charge in [-0.25, -0.2) is 22.8 Å². The van der Waals surface area contributed by atoms with Gasteiger partial charge in [-0.2, -0.15) is 0 Å². The van der Waals surface area contributed by atoms with Crippen molar-refractivity contribution in [3.05, 3.63) is 40.4 Å². The normalized spacial score (nSPS) is 11.3. The van der Waals surface area contributed by atoms with Crippen LogP contribution in [0.25, 0.3) is 0 Å². The number of hydrogen-bond donors (Lipinski definition) is 2. The van der Waals surface area contributed by atoms with Gasteiger partial charge in [-0.15, -0.1) is 0 Å². The van der Waals surface area contributed by atoms with Gasteiger partial charge < -0.3 is 5.73 Å². The Balaban J connectivity index is 2.36. The molecule has 0 amide bonds. The molecule has 0 atom stereocenters. The van der Waals surface area contributed by atoms with Crippen molar-refractivity contribution in [3.63, 3.8) is 0 Å². The summed E-state index contributed by atoms with van der Waals surface area (Å²) in [6.45, 7) is 0. The minimum absolute atomic E-state index is 0.0122. The lowest BCUT2D eigenvalue weighted by Gasteiger charge is -2.09. The summed E-state index contributed by atoms with van der Waals surface area (Å²) < 4.78 is 39.4. The number of benzene rings is 1. The van der Waals surface area contributed by atoms with Crippen LogP contribution < -0.4 is 10.5 Å². The quantitative estimate of drug-likeness (QED) is 0.838. The summed E-state index contributed by atoms with van der Waals surface area (Å²) in [4.78, 5) is 6.94. The number of aromatic nitrogens is 2. The summed E-state index contributed by atoms with van der Waals surface area (Å²) in [5.41, 5.74) is 5.28. The molecule has 106 valence electrons. The van der Waals surface area contributed by atoms with Gasteiger partial charge in [0.15, 0.2) is 5.82 Å². The van der Waals surface area contributed by atoms with Gasteiger partial charge in [0.2, 0.25) is 5.95 Å². The third kappa shape index (κ3) is 3.09. The van der Waals surface area contributed by atoms with E-state index in [0.29, 0.717) is 0 Å². The molecule has 0 radical (unpaired) electrons. The van der Waals surface area contributed by atoms with Gasteiger partial charge in [0.05, 0.1) is 28.1 Å². The predicted molar refractivity (Wildman–Crippen MR) is 73.7 cm³/mol. The summed E-state index contributed by atoms with van der Waals surface area (Å²) in [5.74, 6) is -0.885. The second-order valence-electron chi connectivity index (χ2n) is 3.64. The fourth-order valence-corrected chi connectivity index (χ4v) is 2.71. The number of nitrogen functional groups attached to an aromatic ring is 1. The summed E-state index contributed by atoms with van der Waals surface area (Å²) in [6.07, 6.45) is 2.08. The number of nitrogens with one attached hydrogen (secondary N) is 1. The molecule has 0 unspecified atom stereocenters. The highest BCUT2D eigenvalue weighted by molar-refractivity contribution is 7.92. The smallest absolute Gasteiger partial charge is 0.264 e. The molecule has 0 aliphatic heterocycles. The Hall–Kier alpha value is -1.64. The number of rotatable bonds is 3. The van der Waals surface area contributed by atoms with Gasteiger partial charge in [-0.3, -0.25) is 4.72 Å². The molecule has 0 fully saturated rings. The first-order valence-corrected chi connectivity index (χ1v) is 7.28. The lowest BCUT2D eigenvalue weighted by atomic mass is 10.3. The largest absolute Gasteiger partial charge is 0.368 e. The molecule has 0 aliphatic carbocycles. The minimum Gasteiger partial charge on any atom is -0.368 e. The summed E-state index contributed by atoms with van der Waals surface area (Å²) in [5, 5.41) is -0.604. The molecule has 1 heterocycles. The number of sulfonamides is 1. The zero-order chi connectivity index (χ0) is 14.9. The lowest BCUT2D eigenvalue weighted by Crippen LogP contribution is -2.14. The van der Waals surface area contributed by atoms with Gasteiger partial charge in [0, 0.05) is 0 Å². The van der Waals surface area contributed by atoms with Crippen LogP contribution in [0.3, 0.4) is 0 Å². The van der Waals surface area contributed by atoms with Crippen molar-refractivity contribution in [3.8, 4) is 0 Å². The highest BCUT2D eigenvalue weighted by Gasteiger charge is 2.17. The van der Waals surface area contributed by atoms with Crippen LogP contribution in [0.1, 0.15) is 0 Å². The molecule has 6 nitrogen and oxygen atoms in total. The molecule has 0 bridgehead atoms. The summed E-state index contributed by atoms with van der Waals surface area (Å²) in [7, 11) is -3.95. The standard InChI is InChI=1S/C10H7Cl2FN4O2S/c11-7-1-5(2-8(12)9(7)13)17-20(18,19)6-3-15-10(14)16-4-6/h1-4,17H,(H2,14,15,16). The third-order valence-corrected chi connectivity index (χ3v) is 4.08. The average Bonchev–Trinajstić information content (AvgIpc) is 2.36. The van der Waals surface area contributed by atoms with Crippen molar-refractivity contribution in [1.29, 1.82) is 0 Å². The second-order valence-corrected chi connectivity index (χ2v) is 6.13. The molecular weight excluding hydrogens is 330 g/mol. The summed E-state index contributed by atoms with van der Waals surface area (Å²) in [6, 6.07) is 2.19. The van der Waals surface area contributed by atoms with Crippen LogP contribution in [0, 0.1) is 5.82 Å². The van der Waals surface area contributed by atoms with E-state index in [-0.39, 0.29) is 26.6 Å². The van der Waals surface area contributed by atoms with Gasteiger partial charge in [0.25, 0.3) is 10.0 Å². The van der Waals surface area contributed by atoms with E-state index in [4.69, 9.17) is 28.9 Å². The van der Waals surface area contributed by atoms with Crippen LogP contribution in [0.2, 0.25) is 10.0 Å². The maximum atomic E-state index is 13.2. The van der Waals surface area contributed by atoms with Crippen LogP contribution in [-0.4, -0.2) is 18.4 Å². The molecule has 1 aromatic carbocycles. The lowest BCUT2D eigenvalue weighted by molar-refractivity contribution is 0.600. The molecule has 0 aliphatic rings. The first-order chi connectivity index (χ1) is 9.29. The Morgan fingerprint density at radius 3 is 2.15 bits per heavy atom. The van der Waals surface area contributed by atoms with Crippen molar-refractivity contribution >= 4 is 44.9 Å². The molecule has 2 rings (SSSR count). The van der Waals surface area contributed by atoms with E-state index in [1.54, 1.807) is 0 Å². The topological polar surface area (TPSA) is 98.0 Å². The summed E-state index contributed by atoms with van der Waals surface area (Å²) >= 11 is 11.2. The first-order valence-electron chi connectivity index (χ1n) is 5.04. The van der Waals surface area contributed by atoms with Crippen LogP contribution in [-0.2, 0) is 10.0 Å². The van der Waals surface area contributed by atoms with E-state index in [1.165, 1.54) is 0 Å². The average molecular weight is 337 g/mol. The molecule has 0 spiro atoms. The number of nitrogens with two attached hydrogens (primary N) is 1. The zero-order valence-corrected chi connectivity index (χ0v) is 12.0. The van der Waals surface area contributed by atoms with Crippen molar-refractivity contribution < 1.29 is 12.8 Å². The molecule has 0 saturated heterocycles. The molecule has 3 N–H and O–H groups in total. The fraction of sp³-hybridized carbons (Fsp3) is 0. The Labute approximate surface area is 123 Å². The van der Waals surface area contributed by atoms with E-state index in [1.807, 2.05) is 0 Å². The highest BCUT2D eigenvalue weighted by atomic mass is 35.5. The zero-order valence-electron chi connectivity index (χ0n) is 9.64.